The first-order valence-corrected chi connectivity index (χ1v) is 9.31. The number of benzene rings is 1. The minimum absolute atomic E-state index is 0.620. The minimum Gasteiger partial charge on any atom is -0.494 e. The normalized spacial score (nSPS) is 15.1. The fourth-order valence-corrected chi connectivity index (χ4v) is 2.98. The molecule has 0 amide bonds. The third kappa shape index (κ3) is 5.33. The maximum Gasteiger partial charge on any atom is 0.229 e. The van der Waals surface area contributed by atoms with E-state index < -0.39 is 0 Å². The highest BCUT2D eigenvalue weighted by atomic mass is 16.5. The number of methoxy groups -OCH3 is 1. The Bertz CT molecular complexity index is 670. The Morgan fingerprint density at radius 1 is 1.12 bits per heavy atom. The van der Waals surface area contributed by atoms with E-state index in [1.165, 1.54) is 12.8 Å². The molecule has 6 heteroatoms. The first-order chi connectivity index (χ1) is 12.7. The maximum atomic E-state index is 5.67. The lowest BCUT2D eigenvalue weighted by Gasteiger charge is -2.31. The average molecular weight is 356 g/mol. The van der Waals surface area contributed by atoms with Gasteiger partial charge in [0.2, 0.25) is 5.95 Å². The predicted molar refractivity (Wildman–Crippen MR) is 104 cm³/mol. The quantitative estimate of drug-likeness (QED) is 0.725. The van der Waals surface area contributed by atoms with Crippen LogP contribution < -0.4 is 15.0 Å². The fraction of sp³-hybridized carbons (Fsp3) is 0.500. The highest BCUT2D eigenvalue weighted by Crippen LogP contribution is 2.23. The molecule has 26 heavy (non-hydrogen) atoms. The molecular weight excluding hydrogens is 328 g/mol. The summed E-state index contributed by atoms with van der Waals surface area (Å²) in [6.07, 6.45) is 5.14. The molecule has 0 saturated carbocycles. The zero-order chi connectivity index (χ0) is 18.2. The molecule has 0 unspecified atom stereocenters. The van der Waals surface area contributed by atoms with Crippen molar-refractivity contribution >= 4 is 17.5 Å². The van der Waals surface area contributed by atoms with E-state index in [1.54, 1.807) is 7.11 Å². The van der Waals surface area contributed by atoms with Gasteiger partial charge in [-0.1, -0.05) is 6.92 Å². The van der Waals surface area contributed by atoms with E-state index in [9.17, 15) is 0 Å². The van der Waals surface area contributed by atoms with Gasteiger partial charge < -0.3 is 19.7 Å². The summed E-state index contributed by atoms with van der Waals surface area (Å²) in [5.74, 6) is 3.27. The number of hydrogen-bond acceptors (Lipinski definition) is 6. The standard InChI is InChI=1S/C20H28N4O2/c1-16-9-12-24(13-10-16)19-8-11-21-20(23-19)22-17-4-6-18(7-5-17)26-15-3-14-25-2/h4-8,11,16H,3,9-10,12-15H2,1-2H3,(H,21,22,23). The Hall–Kier alpha value is -2.34. The Labute approximate surface area is 155 Å². The molecular formula is C20H28N4O2. The second-order valence-corrected chi connectivity index (χ2v) is 6.75. The van der Waals surface area contributed by atoms with E-state index >= 15 is 0 Å². The summed E-state index contributed by atoms with van der Waals surface area (Å²) in [6.45, 7) is 5.80. The molecule has 1 aromatic carbocycles. The van der Waals surface area contributed by atoms with E-state index in [-0.39, 0.29) is 0 Å². The van der Waals surface area contributed by atoms with Crippen LogP contribution in [0.1, 0.15) is 26.2 Å². The summed E-state index contributed by atoms with van der Waals surface area (Å²) in [4.78, 5) is 11.3. The first-order valence-electron chi connectivity index (χ1n) is 9.31. The summed E-state index contributed by atoms with van der Waals surface area (Å²) in [7, 11) is 1.70. The van der Waals surface area contributed by atoms with E-state index in [0.29, 0.717) is 19.2 Å². The van der Waals surface area contributed by atoms with Crippen molar-refractivity contribution in [2.75, 3.05) is 43.6 Å². The Kier molecular flexibility index (Phi) is 6.66. The molecule has 0 aliphatic carbocycles. The monoisotopic (exact) mass is 356 g/mol. The average Bonchev–Trinajstić information content (AvgIpc) is 2.67. The molecule has 0 atom stereocenters. The molecule has 1 N–H and O–H groups in total. The molecule has 2 aromatic rings. The maximum absolute atomic E-state index is 5.67. The molecule has 3 rings (SSSR count). The zero-order valence-corrected chi connectivity index (χ0v) is 15.6. The molecule has 2 heterocycles. The van der Waals surface area contributed by atoms with Crippen LogP contribution in [0.4, 0.5) is 17.5 Å². The molecule has 140 valence electrons. The molecule has 0 radical (unpaired) electrons. The second kappa shape index (κ2) is 9.38. The summed E-state index contributed by atoms with van der Waals surface area (Å²) in [6, 6.07) is 9.84. The molecule has 1 aliphatic heterocycles. The first kappa shape index (κ1) is 18.5. The Morgan fingerprint density at radius 2 is 1.88 bits per heavy atom. The van der Waals surface area contributed by atoms with Gasteiger partial charge >= 0.3 is 0 Å². The van der Waals surface area contributed by atoms with Crippen molar-refractivity contribution in [2.24, 2.45) is 5.92 Å². The van der Waals surface area contributed by atoms with Crippen molar-refractivity contribution in [2.45, 2.75) is 26.2 Å². The molecule has 1 aromatic heterocycles. The molecule has 1 fully saturated rings. The lowest BCUT2D eigenvalue weighted by Crippen LogP contribution is -2.33. The number of ether oxygens (including phenoxy) is 2. The summed E-state index contributed by atoms with van der Waals surface area (Å²) < 4.78 is 10.7. The van der Waals surface area contributed by atoms with Gasteiger partial charge in [0.25, 0.3) is 0 Å². The highest BCUT2D eigenvalue weighted by Gasteiger charge is 2.17. The van der Waals surface area contributed by atoms with E-state index in [4.69, 9.17) is 9.47 Å². The van der Waals surface area contributed by atoms with Gasteiger partial charge in [0.05, 0.1) is 6.61 Å². The Balaban J connectivity index is 1.56. The van der Waals surface area contributed by atoms with Crippen molar-refractivity contribution in [3.05, 3.63) is 36.5 Å². The SMILES string of the molecule is COCCCOc1ccc(Nc2nccc(N3CCC(C)CC3)n2)cc1. The van der Waals surface area contributed by atoms with Crippen molar-refractivity contribution < 1.29 is 9.47 Å². The third-order valence-electron chi connectivity index (χ3n) is 4.62. The van der Waals surface area contributed by atoms with Gasteiger partial charge in [0.1, 0.15) is 11.6 Å². The minimum atomic E-state index is 0.620. The number of rotatable bonds is 8. The number of nitrogens with one attached hydrogen (secondary N) is 1. The highest BCUT2D eigenvalue weighted by molar-refractivity contribution is 5.56. The molecule has 1 saturated heterocycles. The number of hydrogen-bond donors (Lipinski definition) is 1. The smallest absolute Gasteiger partial charge is 0.229 e. The fourth-order valence-electron chi connectivity index (χ4n) is 2.98. The van der Waals surface area contributed by atoms with Gasteiger partial charge in [-0.25, -0.2) is 4.98 Å². The summed E-state index contributed by atoms with van der Waals surface area (Å²) >= 11 is 0. The van der Waals surface area contributed by atoms with Crippen molar-refractivity contribution in [3.63, 3.8) is 0 Å². The number of aromatic nitrogens is 2. The van der Waals surface area contributed by atoms with Crippen LogP contribution in [0.3, 0.4) is 0 Å². The lowest BCUT2D eigenvalue weighted by atomic mass is 9.99. The van der Waals surface area contributed by atoms with Gasteiger partial charge in [-0.05, 0) is 49.1 Å². The van der Waals surface area contributed by atoms with Crippen LogP contribution in [0, 0.1) is 5.92 Å². The Morgan fingerprint density at radius 3 is 2.62 bits per heavy atom. The number of nitrogens with zero attached hydrogens (tertiary/aromatic N) is 3. The van der Waals surface area contributed by atoms with Crippen LogP contribution in [0.25, 0.3) is 0 Å². The van der Waals surface area contributed by atoms with Gasteiger partial charge in [0, 0.05) is 45.1 Å². The third-order valence-corrected chi connectivity index (χ3v) is 4.62. The molecule has 0 bridgehead atoms. The largest absolute Gasteiger partial charge is 0.494 e. The summed E-state index contributed by atoms with van der Waals surface area (Å²) in [5.41, 5.74) is 0.943. The molecule has 0 spiro atoms. The second-order valence-electron chi connectivity index (χ2n) is 6.75. The van der Waals surface area contributed by atoms with Crippen LogP contribution in [-0.2, 0) is 4.74 Å². The predicted octanol–water partition coefficient (Wildman–Crippen LogP) is 3.87. The van der Waals surface area contributed by atoms with Gasteiger partial charge in [-0.2, -0.15) is 4.98 Å². The van der Waals surface area contributed by atoms with E-state index in [0.717, 1.165) is 42.7 Å². The van der Waals surface area contributed by atoms with Crippen LogP contribution >= 0.6 is 0 Å². The number of anilines is 3. The van der Waals surface area contributed by atoms with Crippen molar-refractivity contribution in [1.29, 1.82) is 0 Å². The number of piperidine rings is 1. The topological polar surface area (TPSA) is 59.5 Å². The molecule has 1 aliphatic rings. The molecule has 6 nitrogen and oxygen atoms in total. The van der Waals surface area contributed by atoms with E-state index in [1.807, 2.05) is 36.5 Å². The summed E-state index contributed by atoms with van der Waals surface area (Å²) in [5, 5.41) is 3.27. The van der Waals surface area contributed by atoms with Crippen LogP contribution in [0.15, 0.2) is 36.5 Å². The zero-order valence-electron chi connectivity index (χ0n) is 15.6. The van der Waals surface area contributed by atoms with Gasteiger partial charge in [-0.3, -0.25) is 0 Å². The van der Waals surface area contributed by atoms with Gasteiger partial charge in [-0.15, -0.1) is 0 Å². The van der Waals surface area contributed by atoms with Crippen LogP contribution in [0.2, 0.25) is 0 Å². The van der Waals surface area contributed by atoms with Crippen LogP contribution in [0.5, 0.6) is 5.75 Å². The van der Waals surface area contributed by atoms with Gasteiger partial charge in [0.15, 0.2) is 0 Å². The van der Waals surface area contributed by atoms with E-state index in [2.05, 4.69) is 27.1 Å². The van der Waals surface area contributed by atoms with Crippen molar-refractivity contribution in [1.82, 2.24) is 9.97 Å². The lowest BCUT2D eigenvalue weighted by molar-refractivity contribution is 0.172. The van der Waals surface area contributed by atoms with Crippen LogP contribution in [-0.4, -0.2) is 43.4 Å². The van der Waals surface area contributed by atoms with Crippen molar-refractivity contribution in [3.8, 4) is 5.75 Å².